The maximum Gasteiger partial charge on any atom is 0.264 e. The van der Waals surface area contributed by atoms with Gasteiger partial charge in [0.05, 0.1) is 0 Å². The maximum absolute atomic E-state index is 14.1. The number of hydrogen-bond donors (Lipinski definition) is 1. The van der Waals surface area contributed by atoms with Crippen LogP contribution in [0.3, 0.4) is 0 Å². The Labute approximate surface area is 125 Å². The van der Waals surface area contributed by atoms with Crippen LogP contribution in [-0.4, -0.2) is 19.9 Å². The molecule has 1 aromatic rings. The van der Waals surface area contributed by atoms with Crippen LogP contribution < -0.4 is 5.32 Å². The van der Waals surface area contributed by atoms with Crippen LogP contribution in [0.1, 0.15) is 37.0 Å². The molecule has 1 amide bonds. The zero-order valence-electron chi connectivity index (χ0n) is 11.4. The van der Waals surface area contributed by atoms with E-state index in [0.717, 1.165) is 12.8 Å². The van der Waals surface area contributed by atoms with Gasteiger partial charge in [0.2, 0.25) is 0 Å². The fourth-order valence-electron chi connectivity index (χ4n) is 2.19. The molecule has 1 fully saturated rings. The van der Waals surface area contributed by atoms with Gasteiger partial charge in [-0.1, -0.05) is 0 Å². The molecule has 1 saturated carbocycles. The Balaban J connectivity index is 2.41. The minimum absolute atomic E-state index is 0.243. The summed E-state index contributed by atoms with van der Waals surface area (Å²) in [6.45, 7) is 3.50. The Morgan fingerprint density at radius 3 is 2.38 bits per heavy atom. The van der Waals surface area contributed by atoms with E-state index >= 15 is 0 Å². The molecule has 4 nitrogen and oxygen atoms in total. The quantitative estimate of drug-likeness (QED) is 0.859. The van der Waals surface area contributed by atoms with Crippen LogP contribution in [0.4, 0.5) is 8.78 Å². The second kappa shape index (κ2) is 5.21. The van der Waals surface area contributed by atoms with Gasteiger partial charge >= 0.3 is 0 Å². The summed E-state index contributed by atoms with van der Waals surface area (Å²) >= 11 is 0. The fraction of sp³-hybridized carbons (Fsp3) is 0.462. The van der Waals surface area contributed by atoms with Crippen molar-refractivity contribution in [1.29, 1.82) is 0 Å². The lowest BCUT2D eigenvalue weighted by Crippen LogP contribution is -2.45. The largest absolute Gasteiger partial charge is 0.347 e. The predicted octanol–water partition coefficient (Wildman–Crippen LogP) is 2.81. The van der Waals surface area contributed by atoms with Crippen molar-refractivity contribution < 1.29 is 22.0 Å². The number of nitrogens with one attached hydrogen (secondary N) is 1. The molecule has 0 spiro atoms. The maximum atomic E-state index is 14.1. The van der Waals surface area contributed by atoms with Crippen molar-refractivity contribution in [2.75, 3.05) is 0 Å². The third-order valence-electron chi connectivity index (χ3n) is 3.58. The van der Waals surface area contributed by atoms with Gasteiger partial charge in [-0.15, -0.1) is 0 Å². The van der Waals surface area contributed by atoms with Gasteiger partial charge in [0, 0.05) is 16.2 Å². The van der Waals surface area contributed by atoms with Crippen molar-refractivity contribution >= 4 is 25.6 Å². The molecule has 0 aliphatic heterocycles. The molecule has 0 radical (unpaired) electrons. The van der Waals surface area contributed by atoms with Crippen molar-refractivity contribution in [1.82, 2.24) is 5.32 Å². The molecule has 0 bridgehead atoms. The Hall–Kier alpha value is -1.21. The first-order valence-corrected chi connectivity index (χ1v) is 8.60. The van der Waals surface area contributed by atoms with Crippen molar-refractivity contribution in [3.05, 3.63) is 29.3 Å². The summed E-state index contributed by atoms with van der Waals surface area (Å²) in [5.74, 6) is -3.37. The second-order valence-electron chi connectivity index (χ2n) is 5.62. The zero-order valence-corrected chi connectivity index (χ0v) is 13.0. The standard InChI is InChI=1S/C13H14ClF2NO3S/c1-13(2,7-3-4-7)17-12(18)10-8(15)5-6-9(11(10)16)21(14,19)20/h5-7H,3-4H2,1-2H3,(H,17,18). The van der Waals surface area contributed by atoms with Gasteiger partial charge in [0.1, 0.15) is 16.3 Å². The molecule has 1 aliphatic carbocycles. The molecule has 1 aliphatic rings. The third-order valence-corrected chi connectivity index (χ3v) is 4.92. The van der Waals surface area contributed by atoms with Gasteiger partial charge in [-0.2, -0.15) is 0 Å². The Kier molecular flexibility index (Phi) is 4.01. The van der Waals surface area contributed by atoms with Crippen LogP contribution >= 0.6 is 10.7 Å². The highest BCUT2D eigenvalue weighted by atomic mass is 35.7. The molecular weight excluding hydrogens is 324 g/mol. The van der Waals surface area contributed by atoms with E-state index in [4.69, 9.17) is 10.7 Å². The van der Waals surface area contributed by atoms with Crippen LogP contribution in [0.2, 0.25) is 0 Å². The summed E-state index contributed by atoms with van der Waals surface area (Å²) < 4.78 is 50.3. The average molecular weight is 338 g/mol. The van der Waals surface area contributed by atoms with E-state index in [1.807, 2.05) is 0 Å². The summed E-state index contributed by atoms with van der Waals surface area (Å²) in [5, 5.41) is 2.54. The van der Waals surface area contributed by atoms with E-state index in [1.165, 1.54) is 0 Å². The molecule has 116 valence electrons. The number of rotatable bonds is 4. The van der Waals surface area contributed by atoms with Gasteiger partial charge in [-0.3, -0.25) is 4.79 Å². The SMILES string of the molecule is CC(C)(NC(=O)c1c(F)ccc(S(=O)(=O)Cl)c1F)C1CC1. The Morgan fingerprint density at radius 1 is 1.33 bits per heavy atom. The van der Waals surface area contributed by atoms with E-state index in [1.54, 1.807) is 13.8 Å². The van der Waals surface area contributed by atoms with Gasteiger partial charge in [-0.05, 0) is 44.7 Å². The Bertz CT molecular complexity index is 700. The lowest BCUT2D eigenvalue weighted by Gasteiger charge is -2.26. The van der Waals surface area contributed by atoms with Crippen molar-refractivity contribution in [2.24, 2.45) is 5.92 Å². The van der Waals surface area contributed by atoms with Crippen LogP contribution in [0.5, 0.6) is 0 Å². The van der Waals surface area contributed by atoms with Crippen molar-refractivity contribution in [3.63, 3.8) is 0 Å². The second-order valence-corrected chi connectivity index (χ2v) is 8.16. The highest BCUT2D eigenvalue weighted by molar-refractivity contribution is 8.13. The summed E-state index contributed by atoms with van der Waals surface area (Å²) in [6, 6.07) is 1.40. The topological polar surface area (TPSA) is 63.2 Å². The van der Waals surface area contributed by atoms with Gasteiger partial charge in [0.25, 0.3) is 15.0 Å². The third kappa shape index (κ3) is 3.35. The van der Waals surface area contributed by atoms with Gasteiger partial charge in [-0.25, -0.2) is 17.2 Å². The monoisotopic (exact) mass is 337 g/mol. The molecule has 0 aromatic heterocycles. The lowest BCUT2D eigenvalue weighted by atomic mass is 9.98. The van der Waals surface area contributed by atoms with E-state index in [0.29, 0.717) is 12.1 Å². The zero-order chi connectivity index (χ0) is 16.0. The van der Waals surface area contributed by atoms with Crippen LogP contribution in [0.15, 0.2) is 17.0 Å². The summed E-state index contributed by atoms with van der Waals surface area (Å²) in [7, 11) is 0.661. The van der Waals surface area contributed by atoms with Crippen LogP contribution in [0.25, 0.3) is 0 Å². The molecule has 21 heavy (non-hydrogen) atoms. The molecule has 8 heteroatoms. The highest BCUT2D eigenvalue weighted by Gasteiger charge is 2.40. The van der Waals surface area contributed by atoms with Gasteiger partial charge in [0.15, 0.2) is 5.82 Å². The van der Waals surface area contributed by atoms with E-state index in [9.17, 15) is 22.0 Å². The minimum Gasteiger partial charge on any atom is -0.347 e. The molecule has 0 saturated heterocycles. The average Bonchev–Trinajstić information content (AvgIpc) is 3.09. The molecule has 1 N–H and O–H groups in total. The highest BCUT2D eigenvalue weighted by Crippen LogP contribution is 2.39. The van der Waals surface area contributed by atoms with Crippen LogP contribution in [0, 0.1) is 17.6 Å². The first kappa shape index (κ1) is 16.2. The molecule has 0 heterocycles. The summed E-state index contributed by atoms with van der Waals surface area (Å²) in [5.41, 5.74) is -1.56. The van der Waals surface area contributed by atoms with Crippen molar-refractivity contribution in [3.8, 4) is 0 Å². The molecule has 0 atom stereocenters. The fourth-order valence-corrected chi connectivity index (χ4v) is 3.10. The number of hydrogen-bond acceptors (Lipinski definition) is 3. The van der Waals surface area contributed by atoms with Crippen LogP contribution in [-0.2, 0) is 9.05 Å². The summed E-state index contributed by atoms with van der Waals surface area (Å²) in [6.07, 6.45) is 1.85. The smallest absolute Gasteiger partial charge is 0.264 e. The Morgan fingerprint density at radius 2 is 1.90 bits per heavy atom. The number of carbonyl (C=O) groups excluding carboxylic acids is 1. The van der Waals surface area contributed by atoms with E-state index in [2.05, 4.69) is 5.32 Å². The number of carbonyl (C=O) groups is 1. The van der Waals surface area contributed by atoms with Gasteiger partial charge < -0.3 is 5.32 Å². The van der Waals surface area contributed by atoms with E-state index < -0.39 is 42.6 Å². The number of benzene rings is 1. The first-order chi connectivity index (χ1) is 9.54. The number of halogens is 3. The molecule has 1 aromatic carbocycles. The first-order valence-electron chi connectivity index (χ1n) is 6.29. The predicted molar refractivity (Wildman–Crippen MR) is 73.7 cm³/mol. The molecule has 2 rings (SSSR count). The molecule has 0 unspecified atom stereocenters. The van der Waals surface area contributed by atoms with E-state index in [-0.39, 0.29) is 5.92 Å². The summed E-state index contributed by atoms with van der Waals surface area (Å²) in [4.78, 5) is 11.2. The normalized spacial score (nSPS) is 15.9. The van der Waals surface area contributed by atoms with Crippen molar-refractivity contribution in [2.45, 2.75) is 37.1 Å². The molecular formula is C13H14ClF2NO3S. The lowest BCUT2D eigenvalue weighted by molar-refractivity contribution is 0.0894. The number of amides is 1. The minimum atomic E-state index is -4.40.